The molecule has 0 bridgehead atoms. The zero-order valence-electron chi connectivity index (χ0n) is 10.1. The topological polar surface area (TPSA) is 39.2 Å². The number of pyridine rings is 1. The Morgan fingerprint density at radius 1 is 1.35 bits per heavy atom. The largest absolute Gasteiger partial charge is 0.466 e. The molecule has 1 heterocycles. The van der Waals surface area contributed by atoms with Crippen LogP contribution in [0.5, 0.6) is 0 Å². The molecular formula is C14H15NO2. The zero-order valence-corrected chi connectivity index (χ0v) is 10.1. The lowest BCUT2D eigenvalue weighted by molar-refractivity contribution is -0.142. The third kappa shape index (κ3) is 2.61. The number of carbonyl (C=O) groups excluding carboxylic acids is 1. The minimum atomic E-state index is -0.227. The van der Waals surface area contributed by atoms with Crippen LogP contribution in [0.1, 0.15) is 18.2 Å². The first-order chi connectivity index (χ1) is 8.20. The molecule has 0 aliphatic carbocycles. The van der Waals surface area contributed by atoms with Crippen LogP contribution in [0.2, 0.25) is 0 Å². The van der Waals surface area contributed by atoms with Crippen LogP contribution >= 0.6 is 0 Å². The third-order valence-corrected chi connectivity index (χ3v) is 2.61. The highest BCUT2D eigenvalue weighted by molar-refractivity contribution is 5.83. The number of aromatic nitrogens is 1. The number of hydrogen-bond acceptors (Lipinski definition) is 3. The standard InChI is InChI=1S/C14H15NO2/c1-3-17-14(16)9-11-8-10(2)12-6-4-5-7-13(12)15-11/h4-8H,3,9H2,1-2H3. The lowest BCUT2D eigenvalue weighted by Gasteiger charge is -2.06. The molecule has 1 aromatic carbocycles. The van der Waals surface area contributed by atoms with Gasteiger partial charge in [0, 0.05) is 5.39 Å². The first-order valence-corrected chi connectivity index (χ1v) is 5.71. The number of esters is 1. The normalized spacial score (nSPS) is 10.5. The Balaban J connectivity index is 2.33. The van der Waals surface area contributed by atoms with Gasteiger partial charge >= 0.3 is 5.97 Å². The van der Waals surface area contributed by atoms with E-state index in [1.54, 1.807) is 6.92 Å². The summed E-state index contributed by atoms with van der Waals surface area (Å²) in [5.74, 6) is -0.227. The number of carbonyl (C=O) groups is 1. The number of rotatable bonds is 3. The Hall–Kier alpha value is -1.90. The van der Waals surface area contributed by atoms with Crippen molar-refractivity contribution in [1.29, 1.82) is 0 Å². The van der Waals surface area contributed by atoms with E-state index in [4.69, 9.17) is 4.74 Å². The van der Waals surface area contributed by atoms with E-state index in [1.807, 2.05) is 37.3 Å². The van der Waals surface area contributed by atoms with Gasteiger partial charge in [-0.15, -0.1) is 0 Å². The molecule has 1 aromatic heterocycles. The summed E-state index contributed by atoms with van der Waals surface area (Å²) in [7, 11) is 0. The van der Waals surface area contributed by atoms with Crippen molar-refractivity contribution >= 4 is 16.9 Å². The molecule has 0 saturated carbocycles. The van der Waals surface area contributed by atoms with Gasteiger partial charge in [-0.3, -0.25) is 9.78 Å². The molecule has 0 unspecified atom stereocenters. The highest BCUT2D eigenvalue weighted by atomic mass is 16.5. The second-order valence-electron chi connectivity index (χ2n) is 3.93. The van der Waals surface area contributed by atoms with Gasteiger partial charge in [-0.2, -0.15) is 0 Å². The maximum Gasteiger partial charge on any atom is 0.311 e. The molecule has 0 saturated heterocycles. The number of aryl methyl sites for hydroxylation is 1. The smallest absolute Gasteiger partial charge is 0.311 e. The molecule has 0 fully saturated rings. The van der Waals surface area contributed by atoms with E-state index in [0.29, 0.717) is 6.61 Å². The number of para-hydroxylation sites is 1. The second kappa shape index (κ2) is 4.95. The molecule has 2 rings (SSSR count). The van der Waals surface area contributed by atoms with Crippen LogP contribution < -0.4 is 0 Å². The van der Waals surface area contributed by atoms with E-state index < -0.39 is 0 Å². The zero-order chi connectivity index (χ0) is 12.3. The number of nitrogens with zero attached hydrogens (tertiary/aromatic N) is 1. The third-order valence-electron chi connectivity index (χ3n) is 2.61. The van der Waals surface area contributed by atoms with Gasteiger partial charge in [0.05, 0.1) is 24.2 Å². The summed E-state index contributed by atoms with van der Waals surface area (Å²) in [4.78, 5) is 15.9. The summed E-state index contributed by atoms with van der Waals surface area (Å²) in [6, 6.07) is 9.87. The van der Waals surface area contributed by atoms with Crippen LogP contribution in [0.15, 0.2) is 30.3 Å². The Morgan fingerprint density at radius 2 is 2.12 bits per heavy atom. The molecular weight excluding hydrogens is 214 g/mol. The number of ether oxygens (including phenoxy) is 1. The van der Waals surface area contributed by atoms with E-state index in [9.17, 15) is 4.79 Å². The quantitative estimate of drug-likeness (QED) is 0.759. The molecule has 17 heavy (non-hydrogen) atoms. The van der Waals surface area contributed by atoms with Crippen molar-refractivity contribution in [3.8, 4) is 0 Å². The molecule has 0 atom stereocenters. The van der Waals surface area contributed by atoms with Crippen LogP contribution in [-0.2, 0) is 16.0 Å². The predicted octanol–water partition coefficient (Wildman–Crippen LogP) is 2.65. The van der Waals surface area contributed by atoms with Gasteiger partial charge < -0.3 is 4.74 Å². The summed E-state index contributed by atoms with van der Waals surface area (Å²) < 4.78 is 4.92. The van der Waals surface area contributed by atoms with Gasteiger partial charge in [-0.05, 0) is 31.5 Å². The molecule has 0 amide bonds. The van der Waals surface area contributed by atoms with E-state index in [-0.39, 0.29) is 12.4 Å². The summed E-state index contributed by atoms with van der Waals surface area (Å²) in [5.41, 5.74) is 2.82. The molecule has 0 N–H and O–H groups in total. The van der Waals surface area contributed by atoms with Crippen molar-refractivity contribution in [1.82, 2.24) is 4.98 Å². The molecule has 0 radical (unpaired) electrons. The van der Waals surface area contributed by atoms with Crippen LogP contribution in [-0.4, -0.2) is 17.6 Å². The van der Waals surface area contributed by atoms with Gasteiger partial charge in [0.1, 0.15) is 0 Å². The SMILES string of the molecule is CCOC(=O)Cc1cc(C)c2ccccc2n1. The lowest BCUT2D eigenvalue weighted by atomic mass is 10.1. The highest BCUT2D eigenvalue weighted by Crippen LogP contribution is 2.17. The van der Waals surface area contributed by atoms with Crippen LogP contribution in [0.4, 0.5) is 0 Å². The molecule has 88 valence electrons. The summed E-state index contributed by atoms with van der Waals surface area (Å²) >= 11 is 0. The summed E-state index contributed by atoms with van der Waals surface area (Å²) in [5, 5.41) is 1.13. The minimum Gasteiger partial charge on any atom is -0.466 e. The van der Waals surface area contributed by atoms with Gasteiger partial charge in [-0.1, -0.05) is 18.2 Å². The molecule has 0 aliphatic heterocycles. The van der Waals surface area contributed by atoms with Crippen molar-refractivity contribution in [2.75, 3.05) is 6.61 Å². The number of fused-ring (bicyclic) bond motifs is 1. The van der Waals surface area contributed by atoms with Crippen LogP contribution in [0.3, 0.4) is 0 Å². The number of hydrogen-bond donors (Lipinski definition) is 0. The fourth-order valence-electron chi connectivity index (χ4n) is 1.87. The van der Waals surface area contributed by atoms with Gasteiger partial charge in [-0.25, -0.2) is 0 Å². The van der Waals surface area contributed by atoms with E-state index in [0.717, 1.165) is 22.2 Å². The van der Waals surface area contributed by atoms with Crippen molar-refractivity contribution in [3.05, 3.63) is 41.6 Å². The molecule has 3 nitrogen and oxygen atoms in total. The Bertz CT molecular complexity index is 549. The second-order valence-corrected chi connectivity index (χ2v) is 3.93. The summed E-state index contributed by atoms with van der Waals surface area (Å²) in [6.45, 7) is 4.24. The van der Waals surface area contributed by atoms with Gasteiger partial charge in [0.15, 0.2) is 0 Å². The van der Waals surface area contributed by atoms with Crippen molar-refractivity contribution in [3.63, 3.8) is 0 Å². The summed E-state index contributed by atoms with van der Waals surface area (Å²) in [6.07, 6.45) is 0.236. The average Bonchev–Trinajstić information content (AvgIpc) is 2.29. The minimum absolute atomic E-state index is 0.227. The lowest BCUT2D eigenvalue weighted by Crippen LogP contribution is -2.09. The average molecular weight is 229 g/mol. The Morgan fingerprint density at radius 3 is 2.88 bits per heavy atom. The van der Waals surface area contributed by atoms with E-state index >= 15 is 0 Å². The molecule has 3 heteroatoms. The van der Waals surface area contributed by atoms with Gasteiger partial charge in [0.25, 0.3) is 0 Å². The fourth-order valence-corrected chi connectivity index (χ4v) is 1.87. The van der Waals surface area contributed by atoms with E-state index in [1.165, 1.54) is 0 Å². The Kier molecular flexibility index (Phi) is 3.38. The van der Waals surface area contributed by atoms with Gasteiger partial charge in [0.2, 0.25) is 0 Å². The first-order valence-electron chi connectivity index (χ1n) is 5.71. The van der Waals surface area contributed by atoms with Crippen molar-refractivity contribution < 1.29 is 9.53 Å². The van der Waals surface area contributed by atoms with Crippen LogP contribution in [0.25, 0.3) is 10.9 Å². The maximum absolute atomic E-state index is 11.4. The van der Waals surface area contributed by atoms with Crippen molar-refractivity contribution in [2.24, 2.45) is 0 Å². The Labute approximate surface area is 100 Å². The van der Waals surface area contributed by atoms with Crippen LogP contribution in [0, 0.1) is 6.92 Å². The monoisotopic (exact) mass is 229 g/mol. The predicted molar refractivity (Wildman–Crippen MR) is 66.8 cm³/mol. The molecule has 2 aromatic rings. The highest BCUT2D eigenvalue weighted by Gasteiger charge is 2.07. The molecule has 0 spiro atoms. The number of benzene rings is 1. The first kappa shape index (κ1) is 11.6. The molecule has 0 aliphatic rings. The maximum atomic E-state index is 11.4. The fraction of sp³-hybridized carbons (Fsp3) is 0.286. The van der Waals surface area contributed by atoms with E-state index in [2.05, 4.69) is 4.98 Å². The van der Waals surface area contributed by atoms with Crippen molar-refractivity contribution in [2.45, 2.75) is 20.3 Å².